The van der Waals surface area contributed by atoms with Gasteiger partial charge in [-0.3, -0.25) is 4.98 Å². The van der Waals surface area contributed by atoms with Crippen LogP contribution in [0.5, 0.6) is 0 Å². The average molecular weight is 281 g/mol. The number of pyridine rings is 1. The van der Waals surface area contributed by atoms with Crippen LogP contribution < -0.4 is 0 Å². The summed E-state index contributed by atoms with van der Waals surface area (Å²) in [5, 5.41) is 6.91. The molecule has 2 rings (SSSR count). The normalized spacial score (nSPS) is 7.25. The molecule has 0 aliphatic carbocycles. The standard InChI is InChI=1S/C7H9N.C3H4N2O.3C2H6/c1-6-3-4-8-5-7(6)2;1-3-5-4-2-6-3;3*1-2/h3-5H,1-2H3;2H,1H3;3*1-2H3. The Labute approximate surface area is 124 Å². The Morgan fingerprint density at radius 3 is 1.60 bits per heavy atom. The summed E-state index contributed by atoms with van der Waals surface area (Å²) in [6.45, 7) is 17.9. The minimum atomic E-state index is 0.606. The summed E-state index contributed by atoms with van der Waals surface area (Å²) < 4.78 is 4.61. The Hall–Kier alpha value is -1.71. The van der Waals surface area contributed by atoms with Gasteiger partial charge in [0.1, 0.15) is 0 Å². The molecule has 0 radical (unpaired) electrons. The van der Waals surface area contributed by atoms with Gasteiger partial charge in [-0.15, -0.1) is 10.2 Å². The van der Waals surface area contributed by atoms with E-state index in [2.05, 4.69) is 33.4 Å². The van der Waals surface area contributed by atoms with E-state index in [0.717, 1.165) is 0 Å². The number of aryl methyl sites for hydroxylation is 3. The molecule has 0 fully saturated rings. The maximum Gasteiger partial charge on any atom is 0.213 e. The van der Waals surface area contributed by atoms with Crippen molar-refractivity contribution in [3.63, 3.8) is 0 Å². The second-order valence-corrected chi connectivity index (χ2v) is 2.92. The van der Waals surface area contributed by atoms with Crippen LogP contribution in [0.25, 0.3) is 0 Å². The topological polar surface area (TPSA) is 51.8 Å². The summed E-state index contributed by atoms with van der Waals surface area (Å²) in [6, 6.07) is 2.01. The van der Waals surface area contributed by atoms with E-state index in [1.54, 1.807) is 6.92 Å². The molecule has 0 amide bonds. The first-order chi connectivity index (χ1) is 9.70. The molecule has 4 nitrogen and oxygen atoms in total. The zero-order valence-corrected chi connectivity index (χ0v) is 14.6. The number of aromatic nitrogens is 3. The van der Waals surface area contributed by atoms with Crippen molar-refractivity contribution in [1.82, 2.24) is 15.2 Å². The highest BCUT2D eigenvalue weighted by Gasteiger charge is 1.85. The zero-order chi connectivity index (χ0) is 16.4. The fourth-order valence-corrected chi connectivity index (χ4v) is 0.771. The van der Waals surface area contributed by atoms with Crippen molar-refractivity contribution < 1.29 is 4.42 Å². The van der Waals surface area contributed by atoms with Gasteiger partial charge in [0.25, 0.3) is 0 Å². The van der Waals surface area contributed by atoms with Crippen LogP contribution in [-0.4, -0.2) is 15.2 Å². The number of hydrogen-bond donors (Lipinski definition) is 0. The van der Waals surface area contributed by atoms with E-state index in [-0.39, 0.29) is 0 Å². The molecule has 2 aromatic rings. The van der Waals surface area contributed by atoms with Gasteiger partial charge < -0.3 is 4.42 Å². The first kappa shape index (κ1) is 23.4. The SMILES string of the molecule is CC.CC.CC.Cc1ccncc1C.Cc1nnco1. The van der Waals surface area contributed by atoms with E-state index >= 15 is 0 Å². The smallest absolute Gasteiger partial charge is 0.213 e. The molecule has 0 atom stereocenters. The van der Waals surface area contributed by atoms with Crippen LogP contribution in [-0.2, 0) is 0 Å². The van der Waals surface area contributed by atoms with Gasteiger partial charge in [-0.25, -0.2) is 0 Å². The van der Waals surface area contributed by atoms with Crippen LogP contribution in [0.1, 0.15) is 58.6 Å². The largest absolute Gasteiger partial charge is 0.428 e. The van der Waals surface area contributed by atoms with E-state index in [4.69, 9.17) is 0 Å². The fourth-order valence-electron chi connectivity index (χ4n) is 0.771. The Morgan fingerprint density at radius 2 is 1.40 bits per heavy atom. The van der Waals surface area contributed by atoms with Gasteiger partial charge in [-0.2, -0.15) is 0 Å². The molecule has 0 aliphatic heterocycles. The van der Waals surface area contributed by atoms with Gasteiger partial charge in [-0.1, -0.05) is 41.5 Å². The molecule has 0 aliphatic rings. The number of hydrogen-bond acceptors (Lipinski definition) is 4. The molecule has 0 saturated carbocycles. The first-order valence-corrected chi connectivity index (χ1v) is 7.30. The number of nitrogens with zero attached hydrogens (tertiary/aromatic N) is 3. The van der Waals surface area contributed by atoms with E-state index in [1.807, 2.05) is 60.0 Å². The quantitative estimate of drug-likeness (QED) is 0.669. The summed E-state index contributed by atoms with van der Waals surface area (Å²) in [6.07, 6.45) is 4.98. The van der Waals surface area contributed by atoms with Crippen molar-refractivity contribution in [3.05, 3.63) is 41.9 Å². The second-order valence-electron chi connectivity index (χ2n) is 2.92. The number of rotatable bonds is 0. The van der Waals surface area contributed by atoms with Crippen molar-refractivity contribution >= 4 is 0 Å². The highest BCUT2D eigenvalue weighted by Crippen LogP contribution is 2.00. The molecular weight excluding hydrogens is 250 g/mol. The van der Waals surface area contributed by atoms with Crippen LogP contribution in [0.15, 0.2) is 29.3 Å². The van der Waals surface area contributed by atoms with Crippen molar-refractivity contribution in [2.24, 2.45) is 0 Å². The molecule has 4 heteroatoms. The summed E-state index contributed by atoms with van der Waals surface area (Å²) in [4.78, 5) is 3.95. The van der Waals surface area contributed by atoms with Gasteiger partial charge >= 0.3 is 0 Å². The Kier molecular flexibility index (Phi) is 22.9. The van der Waals surface area contributed by atoms with Crippen LogP contribution in [0, 0.1) is 20.8 Å². The van der Waals surface area contributed by atoms with E-state index < -0.39 is 0 Å². The highest BCUT2D eigenvalue weighted by atomic mass is 16.4. The molecule has 2 aromatic heterocycles. The van der Waals surface area contributed by atoms with E-state index in [1.165, 1.54) is 17.5 Å². The molecule has 0 unspecified atom stereocenters. The molecule has 20 heavy (non-hydrogen) atoms. The predicted molar refractivity (Wildman–Crippen MR) is 86.8 cm³/mol. The molecular formula is C16H31N3O. The minimum absolute atomic E-state index is 0.606. The minimum Gasteiger partial charge on any atom is -0.428 e. The lowest BCUT2D eigenvalue weighted by atomic mass is 10.2. The van der Waals surface area contributed by atoms with Crippen LogP contribution >= 0.6 is 0 Å². The second kappa shape index (κ2) is 19.6. The van der Waals surface area contributed by atoms with Crippen LogP contribution in [0.3, 0.4) is 0 Å². The molecule has 0 N–H and O–H groups in total. The Balaban J connectivity index is -0.000000215. The zero-order valence-electron chi connectivity index (χ0n) is 14.6. The summed E-state index contributed by atoms with van der Waals surface area (Å²) in [5.41, 5.74) is 2.56. The molecule has 0 bridgehead atoms. The molecule has 0 spiro atoms. The van der Waals surface area contributed by atoms with Crippen molar-refractivity contribution in [1.29, 1.82) is 0 Å². The third kappa shape index (κ3) is 14.4. The summed E-state index contributed by atoms with van der Waals surface area (Å²) in [5.74, 6) is 0.606. The van der Waals surface area contributed by atoms with Gasteiger partial charge in [0.05, 0.1) is 0 Å². The molecule has 116 valence electrons. The third-order valence-corrected chi connectivity index (χ3v) is 1.77. The van der Waals surface area contributed by atoms with Crippen LogP contribution in [0.2, 0.25) is 0 Å². The average Bonchev–Trinajstić information content (AvgIpc) is 3.00. The Morgan fingerprint density at radius 1 is 0.850 bits per heavy atom. The van der Waals surface area contributed by atoms with E-state index in [0.29, 0.717) is 5.89 Å². The van der Waals surface area contributed by atoms with Gasteiger partial charge in [0.15, 0.2) is 0 Å². The van der Waals surface area contributed by atoms with Gasteiger partial charge in [0.2, 0.25) is 12.3 Å². The first-order valence-electron chi connectivity index (χ1n) is 7.30. The van der Waals surface area contributed by atoms with Crippen molar-refractivity contribution in [3.8, 4) is 0 Å². The summed E-state index contributed by atoms with van der Waals surface area (Å²) in [7, 11) is 0. The van der Waals surface area contributed by atoms with E-state index in [9.17, 15) is 0 Å². The monoisotopic (exact) mass is 281 g/mol. The summed E-state index contributed by atoms with van der Waals surface area (Å²) >= 11 is 0. The highest BCUT2D eigenvalue weighted by molar-refractivity contribution is 5.18. The van der Waals surface area contributed by atoms with Crippen LogP contribution in [0.4, 0.5) is 0 Å². The fraction of sp³-hybridized carbons (Fsp3) is 0.562. The van der Waals surface area contributed by atoms with Crippen molar-refractivity contribution in [2.75, 3.05) is 0 Å². The lowest BCUT2D eigenvalue weighted by molar-refractivity contribution is 0.518. The van der Waals surface area contributed by atoms with Crippen molar-refractivity contribution in [2.45, 2.75) is 62.3 Å². The van der Waals surface area contributed by atoms with Gasteiger partial charge in [0, 0.05) is 19.3 Å². The Bertz CT molecular complexity index is 352. The third-order valence-electron chi connectivity index (χ3n) is 1.77. The molecule has 0 aromatic carbocycles. The lowest BCUT2D eigenvalue weighted by Crippen LogP contribution is -1.78. The van der Waals surface area contributed by atoms with Gasteiger partial charge in [-0.05, 0) is 31.0 Å². The lowest BCUT2D eigenvalue weighted by Gasteiger charge is -1.92. The molecule has 0 saturated heterocycles. The molecule has 2 heterocycles. The maximum atomic E-state index is 4.61. The maximum absolute atomic E-state index is 4.61. The predicted octanol–water partition coefficient (Wildman–Crippen LogP) is 5.16.